The molecule has 0 heterocycles. The van der Waals surface area contributed by atoms with Crippen molar-refractivity contribution < 1.29 is 0 Å². The molecule has 0 spiro atoms. The van der Waals surface area contributed by atoms with Crippen LogP contribution in [0.1, 0.15) is 110 Å². The first-order valence-corrected chi connectivity index (χ1v) is 21.1. The average Bonchev–Trinajstić information content (AvgIpc) is 3.72. The number of fused-ring (bicyclic) bond motifs is 2. The van der Waals surface area contributed by atoms with Crippen molar-refractivity contribution in [3.63, 3.8) is 0 Å². The number of unbranched alkanes of at least 4 members (excludes halogenated alkanes) is 6. The Morgan fingerprint density at radius 1 is 0.468 bits per heavy atom. The third kappa shape index (κ3) is 6.66. The molecule has 0 amide bonds. The molecular formula is C46H56Si. The van der Waals surface area contributed by atoms with Crippen LogP contribution in [-0.4, -0.2) is 8.07 Å². The molecule has 4 aromatic rings. The van der Waals surface area contributed by atoms with E-state index in [1.165, 1.54) is 119 Å². The predicted octanol–water partition coefficient (Wildman–Crippen LogP) is 13.5. The van der Waals surface area contributed by atoms with Gasteiger partial charge in [0.05, 0.1) is 0 Å². The van der Waals surface area contributed by atoms with E-state index in [0.29, 0.717) is 0 Å². The van der Waals surface area contributed by atoms with Crippen LogP contribution in [0.4, 0.5) is 0 Å². The van der Waals surface area contributed by atoms with Gasteiger partial charge in [0.2, 0.25) is 0 Å². The maximum Gasteiger partial charge on any atom is 0.109 e. The molecule has 2 aliphatic carbocycles. The summed E-state index contributed by atoms with van der Waals surface area (Å²) in [6, 6.07) is 30.7. The SMILES string of the molecule is CCCCCC[Si](CCCCCC)(C1=Cc2c(cccc2-c2cccc(C)c2C)C1)C1=Cc2c(cccc2-c2cccc(C)c2C)C1. The van der Waals surface area contributed by atoms with Gasteiger partial charge in [0.25, 0.3) is 0 Å². The van der Waals surface area contributed by atoms with Gasteiger partial charge in [-0.25, -0.2) is 0 Å². The zero-order valence-corrected chi connectivity index (χ0v) is 31.1. The molecule has 2 aliphatic rings. The Labute approximate surface area is 287 Å². The van der Waals surface area contributed by atoms with Crippen LogP contribution in [0.5, 0.6) is 0 Å². The molecule has 0 saturated heterocycles. The van der Waals surface area contributed by atoms with Crippen molar-refractivity contribution in [1.82, 2.24) is 0 Å². The lowest BCUT2D eigenvalue weighted by Gasteiger charge is -2.36. The molecule has 6 rings (SSSR count). The topological polar surface area (TPSA) is 0 Å². The minimum Gasteiger partial charge on any atom is -0.0709 e. The Morgan fingerprint density at radius 3 is 1.30 bits per heavy atom. The minimum atomic E-state index is -2.00. The Kier molecular flexibility index (Phi) is 10.5. The molecule has 0 unspecified atom stereocenters. The lowest BCUT2D eigenvalue weighted by atomic mass is 9.92. The van der Waals surface area contributed by atoms with Crippen LogP contribution in [0.3, 0.4) is 0 Å². The lowest BCUT2D eigenvalue weighted by Crippen LogP contribution is -2.40. The molecule has 0 fully saturated rings. The zero-order chi connectivity index (χ0) is 33.0. The van der Waals surface area contributed by atoms with Gasteiger partial charge in [-0.3, -0.25) is 0 Å². The summed E-state index contributed by atoms with van der Waals surface area (Å²) >= 11 is 0. The summed E-state index contributed by atoms with van der Waals surface area (Å²) in [4.78, 5) is 0. The number of allylic oxidation sites excluding steroid dienone is 2. The van der Waals surface area contributed by atoms with E-state index in [1.54, 1.807) is 11.1 Å². The summed E-state index contributed by atoms with van der Waals surface area (Å²) in [5, 5.41) is 3.62. The van der Waals surface area contributed by atoms with E-state index in [-0.39, 0.29) is 0 Å². The summed E-state index contributed by atoms with van der Waals surface area (Å²) in [5.41, 5.74) is 17.4. The van der Waals surface area contributed by atoms with E-state index >= 15 is 0 Å². The number of rotatable bonds is 14. The molecular weight excluding hydrogens is 581 g/mol. The molecule has 4 aromatic carbocycles. The van der Waals surface area contributed by atoms with Crippen LogP contribution in [0, 0.1) is 27.7 Å². The molecule has 244 valence electrons. The fourth-order valence-corrected chi connectivity index (χ4v) is 14.1. The van der Waals surface area contributed by atoms with E-state index in [4.69, 9.17) is 0 Å². The number of hydrogen-bond acceptors (Lipinski definition) is 0. The maximum atomic E-state index is 2.73. The van der Waals surface area contributed by atoms with Crippen molar-refractivity contribution in [1.29, 1.82) is 0 Å². The van der Waals surface area contributed by atoms with Gasteiger partial charge in [-0.15, -0.1) is 0 Å². The van der Waals surface area contributed by atoms with Gasteiger partial charge in [-0.1, -0.05) is 161 Å². The normalized spacial score (nSPS) is 13.8. The van der Waals surface area contributed by atoms with Gasteiger partial charge in [0.1, 0.15) is 8.07 Å². The Hall–Kier alpha value is -3.42. The second-order valence-electron chi connectivity index (χ2n) is 14.6. The van der Waals surface area contributed by atoms with Crippen molar-refractivity contribution in [3.8, 4) is 22.3 Å². The van der Waals surface area contributed by atoms with E-state index in [2.05, 4.69) is 126 Å². The lowest BCUT2D eigenvalue weighted by molar-refractivity contribution is 0.681. The van der Waals surface area contributed by atoms with Gasteiger partial charge < -0.3 is 0 Å². The monoisotopic (exact) mass is 636 g/mol. The fourth-order valence-electron chi connectivity index (χ4n) is 8.59. The quantitative estimate of drug-likeness (QED) is 0.0954. The van der Waals surface area contributed by atoms with Crippen LogP contribution < -0.4 is 0 Å². The van der Waals surface area contributed by atoms with Crippen LogP contribution in [0.15, 0.2) is 83.2 Å². The van der Waals surface area contributed by atoms with Crippen molar-refractivity contribution in [3.05, 3.63) is 128 Å². The standard InChI is InChI=1S/C46H56Si/c1-7-9-11-13-27-47(28-14-12-10-8-2,39-29-37-21-17-25-43(45(37)31-39)41-23-15-19-33(3)35(41)5)40-30-38-22-18-26-44(46(38)32-40)42-24-16-20-34(4)36(42)6/h15-26,31-32H,7-14,27-30H2,1-6H3. The van der Waals surface area contributed by atoms with Crippen LogP contribution in [0.25, 0.3) is 34.4 Å². The summed E-state index contributed by atoms with van der Waals surface area (Å²) in [6.45, 7) is 13.8. The second-order valence-corrected chi connectivity index (χ2v) is 19.1. The largest absolute Gasteiger partial charge is 0.109 e. The van der Waals surface area contributed by atoms with E-state index < -0.39 is 8.07 Å². The summed E-state index contributed by atoms with van der Waals surface area (Å²) in [6.07, 6.45) is 18.5. The number of aryl methyl sites for hydroxylation is 2. The smallest absolute Gasteiger partial charge is 0.0709 e. The van der Waals surface area contributed by atoms with Gasteiger partial charge in [0, 0.05) is 0 Å². The van der Waals surface area contributed by atoms with Crippen molar-refractivity contribution in [2.24, 2.45) is 0 Å². The third-order valence-electron chi connectivity index (χ3n) is 11.7. The average molecular weight is 637 g/mol. The molecule has 0 radical (unpaired) electrons. The highest BCUT2D eigenvalue weighted by molar-refractivity contribution is 6.94. The molecule has 47 heavy (non-hydrogen) atoms. The Bertz CT molecular complexity index is 1670. The highest BCUT2D eigenvalue weighted by Gasteiger charge is 2.43. The molecule has 0 nitrogen and oxygen atoms in total. The van der Waals surface area contributed by atoms with Crippen LogP contribution in [-0.2, 0) is 12.8 Å². The number of hydrogen-bond donors (Lipinski definition) is 0. The maximum absolute atomic E-state index is 2.73. The molecule has 0 aromatic heterocycles. The molecule has 0 bridgehead atoms. The fraction of sp³-hybridized carbons (Fsp3) is 0.391. The Balaban J connectivity index is 1.49. The summed E-state index contributed by atoms with van der Waals surface area (Å²) in [5.74, 6) is 0. The van der Waals surface area contributed by atoms with Crippen molar-refractivity contribution >= 4 is 20.2 Å². The first kappa shape index (κ1) is 33.5. The Morgan fingerprint density at radius 2 is 0.872 bits per heavy atom. The molecule has 0 aliphatic heterocycles. The van der Waals surface area contributed by atoms with Crippen molar-refractivity contribution in [2.75, 3.05) is 0 Å². The van der Waals surface area contributed by atoms with Gasteiger partial charge >= 0.3 is 0 Å². The third-order valence-corrected chi connectivity index (χ3v) is 17.2. The summed E-state index contributed by atoms with van der Waals surface area (Å²) < 4.78 is 0. The first-order chi connectivity index (χ1) is 22.9. The van der Waals surface area contributed by atoms with E-state index in [9.17, 15) is 0 Å². The van der Waals surface area contributed by atoms with Crippen LogP contribution in [0.2, 0.25) is 12.1 Å². The van der Waals surface area contributed by atoms with Crippen LogP contribution >= 0.6 is 0 Å². The van der Waals surface area contributed by atoms with Gasteiger partial charge in [-0.05, 0) is 119 Å². The highest BCUT2D eigenvalue weighted by atomic mass is 28.3. The van der Waals surface area contributed by atoms with Crippen molar-refractivity contribution in [2.45, 2.75) is 118 Å². The highest BCUT2D eigenvalue weighted by Crippen LogP contribution is 2.48. The molecule has 0 atom stereocenters. The van der Waals surface area contributed by atoms with Gasteiger partial charge in [0.15, 0.2) is 0 Å². The van der Waals surface area contributed by atoms with E-state index in [1.807, 2.05) is 10.4 Å². The van der Waals surface area contributed by atoms with E-state index in [0.717, 1.165) is 12.8 Å². The predicted molar refractivity (Wildman–Crippen MR) is 210 cm³/mol. The minimum absolute atomic E-state index is 1.14. The second kappa shape index (κ2) is 14.8. The first-order valence-electron chi connectivity index (χ1n) is 18.7. The molecule has 0 N–H and O–H groups in total. The molecule has 0 saturated carbocycles. The number of benzene rings is 4. The zero-order valence-electron chi connectivity index (χ0n) is 30.1. The summed E-state index contributed by atoms with van der Waals surface area (Å²) in [7, 11) is -2.00. The molecule has 1 heteroatoms. The van der Waals surface area contributed by atoms with Gasteiger partial charge in [-0.2, -0.15) is 0 Å².